The van der Waals surface area contributed by atoms with Crippen LogP contribution in [0.4, 0.5) is 17.8 Å². The molecule has 10 nitrogen and oxygen atoms in total. The maximum Gasteiger partial charge on any atom is 0.243 e. The van der Waals surface area contributed by atoms with Crippen molar-refractivity contribution in [1.29, 1.82) is 0 Å². The molecule has 0 aliphatic heterocycles. The maximum atomic E-state index is 8.57. The number of hydrogen-bond donors (Lipinski definition) is 7. The third-order valence-electron chi connectivity index (χ3n) is 1.53. The number of hydrazine groups is 2. The van der Waals surface area contributed by atoms with Crippen molar-refractivity contribution in [3.05, 3.63) is 0 Å². The Morgan fingerprint density at radius 3 is 1.76 bits per heavy atom. The number of aliphatic hydroxyl groups is 2. The van der Waals surface area contributed by atoms with Crippen LogP contribution in [0.25, 0.3) is 0 Å². The first-order chi connectivity index (χ1) is 8.26. The first kappa shape index (κ1) is 13.3. The Balaban J connectivity index is 2.53. The Morgan fingerprint density at radius 1 is 0.882 bits per heavy atom. The van der Waals surface area contributed by atoms with E-state index in [2.05, 4.69) is 36.7 Å². The molecule has 0 bridgehead atoms. The Kier molecular flexibility index (Phi) is 5.88. The lowest BCUT2D eigenvalue weighted by atomic mass is 10.7. The summed E-state index contributed by atoms with van der Waals surface area (Å²) < 4.78 is 0. The number of rotatable bonds is 8. The summed E-state index contributed by atoms with van der Waals surface area (Å²) in [7, 11) is 0. The summed E-state index contributed by atoms with van der Waals surface area (Å²) in [6.45, 7) is 0.654. The second-order valence-corrected chi connectivity index (χ2v) is 2.89. The first-order valence-corrected chi connectivity index (χ1v) is 4.97. The SMILES string of the molecule is Nc1nc(NNCCO)nc(NNCCO)n1. The van der Waals surface area contributed by atoms with Gasteiger partial charge in [-0.05, 0) is 0 Å². The van der Waals surface area contributed by atoms with E-state index >= 15 is 0 Å². The van der Waals surface area contributed by atoms with Gasteiger partial charge in [-0.25, -0.2) is 10.9 Å². The van der Waals surface area contributed by atoms with Crippen LogP contribution in [-0.2, 0) is 0 Å². The van der Waals surface area contributed by atoms with Crippen LogP contribution >= 0.6 is 0 Å². The monoisotopic (exact) mass is 244 g/mol. The fraction of sp³-hybridized carbons (Fsp3) is 0.571. The average Bonchev–Trinajstić information content (AvgIpc) is 2.29. The molecule has 96 valence electrons. The summed E-state index contributed by atoms with van der Waals surface area (Å²) in [5.74, 6) is 0.486. The topological polar surface area (TPSA) is 153 Å². The van der Waals surface area contributed by atoms with E-state index in [1.165, 1.54) is 0 Å². The molecule has 0 saturated carbocycles. The highest BCUT2D eigenvalue weighted by Crippen LogP contribution is 2.04. The van der Waals surface area contributed by atoms with E-state index in [0.29, 0.717) is 13.1 Å². The third kappa shape index (κ3) is 5.21. The second-order valence-electron chi connectivity index (χ2n) is 2.89. The predicted octanol–water partition coefficient (Wildman–Crippen LogP) is -2.73. The van der Waals surface area contributed by atoms with Gasteiger partial charge in [-0.1, -0.05) is 0 Å². The fourth-order valence-corrected chi connectivity index (χ4v) is 0.899. The van der Waals surface area contributed by atoms with Crippen LogP contribution < -0.4 is 27.4 Å². The van der Waals surface area contributed by atoms with Crippen molar-refractivity contribution in [3.63, 3.8) is 0 Å². The van der Waals surface area contributed by atoms with Gasteiger partial charge < -0.3 is 15.9 Å². The van der Waals surface area contributed by atoms with Crippen LogP contribution in [0.3, 0.4) is 0 Å². The number of nitrogens with zero attached hydrogens (tertiary/aromatic N) is 3. The lowest BCUT2D eigenvalue weighted by Gasteiger charge is -2.09. The lowest BCUT2D eigenvalue weighted by Crippen LogP contribution is -2.29. The van der Waals surface area contributed by atoms with E-state index in [9.17, 15) is 0 Å². The number of nitrogen functional groups attached to an aromatic ring is 1. The zero-order chi connectivity index (χ0) is 12.5. The summed E-state index contributed by atoms with van der Waals surface area (Å²) >= 11 is 0. The van der Waals surface area contributed by atoms with Crippen molar-refractivity contribution in [1.82, 2.24) is 25.8 Å². The number of nitrogens with two attached hydrogens (primary N) is 1. The molecule has 1 aromatic rings. The van der Waals surface area contributed by atoms with Crippen LogP contribution in [0.15, 0.2) is 0 Å². The largest absolute Gasteiger partial charge is 0.395 e. The Bertz CT molecular complexity index is 307. The van der Waals surface area contributed by atoms with Crippen LogP contribution in [0, 0.1) is 0 Å². The normalized spacial score (nSPS) is 10.2. The number of hydrogen-bond acceptors (Lipinski definition) is 10. The maximum absolute atomic E-state index is 8.57. The fourth-order valence-electron chi connectivity index (χ4n) is 0.899. The van der Waals surface area contributed by atoms with Gasteiger partial charge in [-0.15, -0.1) is 0 Å². The number of aromatic nitrogens is 3. The Hall–Kier alpha value is -1.75. The molecule has 1 rings (SSSR count). The molecular weight excluding hydrogens is 228 g/mol. The van der Waals surface area contributed by atoms with Gasteiger partial charge in [-0.2, -0.15) is 15.0 Å². The predicted molar refractivity (Wildman–Crippen MR) is 61.7 cm³/mol. The second kappa shape index (κ2) is 7.51. The van der Waals surface area contributed by atoms with E-state index in [0.717, 1.165) is 0 Å². The third-order valence-corrected chi connectivity index (χ3v) is 1.53. The van der Waals surface area contributed by atoms with Gasteiger partial charge in [0.15, 0.2) is 0 Å². The summed E-state index contributed by atoms with van der Waals surface area (Å²) in [6.07, 6.45) is 0. The number of anilines is 3. The van der Waals surface area contributed by atoms with Crippen molar-refractivity contribution in [2.75, 3.05) is 42.9 Å². The molecule has 0 atom stereocenters. The molecule has 10 heteroatoms. The van der Waals surface area contributed by atoms with Crippen LogP contribution in [-0.4, -0.2) is 51.5 Å². The van der Waals surface area contributed by atoms with Crippen molar-refractivity contribution in [2.45, 2.75) is 0 Å². The van der Waals surface area contributed by atoms with E-state index in [4.69, 9.17) is 15.9 Å². The molecule has 1 aromatic heterocycles. The van der Waals surface area contributed by atoms with E-state index in [1.54, 1.807) is 0 Å². The molecule has 0 spiro atoms. The first-order valence-electron chi connectivity index (χ1n) is 4.97. The van der Waals surface area contributed by atoms with Crippen molar-refractivity contribution in [3.8, 4) is 0 Å². The average molecular weight is 244 g/mol. The molecule has 0 aromatic carbocycles. The van der Waals surface area contributed by atoms with Gasteiger partial charge in [0.1, 0.15) is 0 Å². The molecule has 17 heavy (non-hydrogen) atoms. The minimum atomic E-state index is -0.0171. The smallest absolute Gasteiger partial charge is 0.243 e. The highest BCUT2D eigenvalue weighted by molar-refractivity contribution is 5.38. The van der Waals surface area contributed by atoms with E-state index in [-0.39, 0.29) is 31.1 Å². The molecule has 0 radical (unpaired) electrons. The molecule has 0 amide bonds. The van der Waals surface area contributed by atoms with E-state index in [1.807, 2.05) is 0 Å². The molecule has 0 fully saturated rings. The van der Waals surface area contributed by atoms with Gasteiger partial charge >= 0.3 is 0 Å². The van der Waals surface area contributed by atoms with Crippen molar-refractivity contribution in [2.24, 2.45) is 0 Å². The summed E-state index contributed by atoms with van der Waals surface area (Å²) in [5.41, 5.74) is 16.1. The summed E-state index contributed by atoms with van der Waals surface area (Å²) in [4.78, 5) is 11.6. The van der Waals surface area contributed by atoms with Gasteiger partial charge in [0.05, 0.1) is 13.2 Å². The molecule has 0 aliphatic rings. The minimum Gasteiger partial charge on any atom is -0.395 e. The standard InChI is InChI=1S/C7H16N8O2/c8-5-11-6(14-9-1-3-16)13-7(12-5)15-10-2-4-17/h9-10,16-17H,1-4H2,(H4,8,11,12,13,14,15). The zero-order valence-electron chi connectivity index (χ0n) is 9.14. The Labute approximate surface area is 97.6 Å². The lowest BCUT2D eigenvalue weighted by molar-refractivity contribution is 0.296. The number of aliphatic hydroxyl groups excluding tert-OH is 2. The molecule has 1 heterocycles. The molecule has 8 N–H and O–H groups in total. The van der Waals surface area contributed by atoms with Gasteiger partial charge in [0, 0.05) is 13.1 Å². The molecule has 0 unspecified atom stereocenters. The van der Waals surface area contributed by atoms with Gasteiger partial charge in [0.2, 0.25) is 17.8 Å². The van der Waals surface area contributed by atoms with Crippen LogP contribution in [0.2, 0.25) is 0 Å². The summed E-state index contributed by atoms with van der Waals surface area (Å²) in [5, 5.41) is 17.1. The molecule has 0 aliphatic carbocycles. The minimum absolute atomic E-state index is 0.0171. The van der Waals surface area contributed by atoms with Crippen molar-refractivity contribution < 1.29 is 10.2 Å². The highest BCUT2D eigenvalue weighted by atomic mass is 16.3. The van der Waals surface area contributed by atoms with Crippen molar-refractivity contribution >= 4 is 17.8 Å². The van der Waals surface area contributed by atoms with Gasteiger partial charge in [0.25, 0.3) is 0 Å². The summed E-state index contributed by atoms with van der Waals surface area (Å²) in [6, 6.07) is 0. The van der Waals surface area contributed by atoms with Gasteiger partial charge in [-0.3, -0.25) is 10.9 Å². The quantitative estimate of drug-likeness (QED) is 0.189. The molecule has 0 saturated heterocycles. The molecular formula is C7H16N8O2. The van der Waals surface area contributed by atoms with Crippen LogP contribution in [0.5, 0.6) is 0 Å². The number of nitrogens with one attached hydrogen (secondary N) is 4. The highest BCUT2D eigenvalue weighted by Gasteiger charge is 2.02. The zero-order valence-corrected chi connectivity index (χ0v) is 9.14. The van der Waals surface area contributed by atoms with Crippen LogP contribution in [0.1, 0.15) is 0 Å². The van der Waals surface area contributed by atoms with E-state index < -0.39 is 0 Å². The Morgan fingerprint density at radius 2 is 1.35 bits per heavy atom.